The quantitative estimate of drug-likeness (QED) is 0.817. The van der Waals surface area contributed by atoms with Crippen molar-refractivity contribution in [2.75, 3.05) is 20.7 Å². The highest BCUT2D eigenvalue weighted by molar-refractivity contribution is 4.89. The molecule has 0 aromatic heterocycles. The van der Waals surface area contributed by atoms with Gasteiger partial charge in [-0.15, -0.1) is 0 Å². The molecule has 0 amide bonds. The molecule has 0 radical (unpaired) electrons. The van der Waals surface area contributed by atoms with Crippen LogP contribution in [0.25, 0.3) is 0 Å². The molecule has 0 heterocycles. The van der Waals surface area contributed by atoms with Crippen molar-refractivity contribution in [3.05, 3.63) is 0 Å². The second-order valence-electron chi connectivity index (χ2n) is 5.84. The Hall–Kier alpha value is -0.120. The maximum Gasteiger partial charge on any atom is 0.0586 e. The lowest BCUT2D eigenvalue weighted by molar-refractivity contribution is 0.0188. The largest absolute Gasteiger partial charge is 0.381 e. The molecule has 2 saturated carbocycles. The van der Waals surface area contributed by atoms with E-state index in [9.17, 15) is 0 Å². The summed E-state index contributed by atoms with van der Waals surface area (Å²) in [5.41, 5.74) is 5.89. The minimum atomic E-state index is 0.480. The van der Waals surface area contributed by atoms with Gasteiger partial charge in [-0.05, 0) is 58.0 Å². The molecule has 0 saturated heterocycles. The number of hydrogen-bond donors (Lipinski definition) is 1. The van der Waals surface area contributed by atoms with Crippen molar-refractivity contribution in [1.82, 2.24) is 4.90 Å². The number of ether oxygens (including phenoxy) is 1. The molecule has 0 spiro atoms. The second kappa shape index (κ2) is 6.17. The first-order valence-corrected chi connectivity index (χ1v) is 7.21. The van der Waals surface area contributed by atoms with Crippen molar-refractivity contribution in [3.8, 4) is 0 Å². The molecule has 3 heteroatoms. The highest BCUT2D eigenvalue weighted by Crippen LogP contribution is 2.33. The fourth-order valence-electron chi connectivity index (χ4n) is 3.80. The van der Waals surface area contributed by atoms with Crippen molar-refractivity contribution in [2.24, 2.45) is 11.7 Å². The normalized spacial score (nSPS) is 38.8. The Bertz CT molecular complexity index is 234. The lowest BCUT2D eigenvalue weighted by Crippen LogP contribution is -2.46. The third kappa shape index (κ3) is 3.01. The lowest BCUT2D eigenvalue weighted by Gasteiger charge is -2.40. The zero-order valence-electron chi connectivity index (χ0n) is 11.4. The van der Waals surface area contributed by atoms with E-state index < -0.39 is 0 Å². The highest BCUT2D eigenvalue weighted by Gasteiger charge is 2.34. The Labute approximate surface area is 106 Å². The summed E-state index contributed by atoms with van der Waals surface area (Å²) in [6.45, 7) is 0.857. The first-order chi connectivity index (χ1) is 8.26. The predicted molar refractivity (Wildman–Crippen MR) is 71.0 cm³/mol. The monoisotopic (exact) mass is 240 g/mol. The molecular weight excluding hydrogens is 212 g/mol. The first-order valence-electron chi connectivity index (χ1n) is 7.21. The minimum absolute atomic E-state index is 0.480. The van der Waals surface area contributed by atoms with E-state index >= 15 is 0 Å². The Kier molecular flexibility index (Phi) is 4.83. The highest BCUT2D eigenvalue weighted by atomic mass is 16.5. The molecule has 4 atom stereocenters. The number of methoxy groups -OCH3 is 1. The lowest BCUT2D eigenvalue weighted by atomic mass is 9.90. The van der Waals surface area contributed by atoms with Crippen LogP contribution >= 0.6 is 0 Å². The maximum absolute atomic E-state index is 5.89. The average Bonchev–Trinajstić information content (AvgIpc) is 2.86. The summed E-state index contributed by atoms with van der Waals surface area (Å²) in [6.07, 6.45) is 9.61. The van der Waals surface area contributed by atoms with E-state index in [4.69, 9.17) is 10.5 Å². The van der Waals surface area contributed by atoms with Crippen molar-refractivity contribution < 1.29 is 4.74 Å². The molecule has 2 N–H and O–H groups in total. The molecule has 3 nitrogen and oxygen atoms in total. The van der Waals surface area contributed by atoms with Crippen LogP contribution in [0.15, 0.2) is 0 Å². The zero-order valence-corrected chi connectivity index (χ0v) is 11.4. The second-order valence-corrected chi connectivity index (χ2v) is 5.84. The minimum Gasteiger partial charge on any atom is -0.381 e. The van der Waals surface area contributed by atoms with Crippen molar-refractivity contribution in [2.45, 2.75) is 63.1 Å². The van der Waals surface area contributed by atoms with Crippen LogP contribution in [0.3, 0.4) is 0 Å². The van der Waals surface area contributed by atoms with E-state index in [1.54, 1.807) is 0 Å². The van der Waals surface area contributed by atoms with Gasteiger partial charge in [0.25, 0.3) is 0 Å². The average molecular weight is 240 g/mol. The molecule has 0 aromatic carbocycles. The van der Waals surface area contributed by atoms with Gasteiger partial charge in [-0.2, -0.15) is 0 Å². The maximum atomic E-state index is 5.89. The molecule has 100 valence electrons. The van der Waals surface area contributed by atoms with Crippen molar-refractivity contribution >= 4 is 0 Å². The molecule has 17 heavy (non-hydrogen) atoms. The van der Waals surface area contributed by atoms with E-state index in [1.165, 1.54) is 44.9 Å². The molecule has 0 aromatic rings. The molecule has 2 rings (SSSR count). The smallest absolute Gasteiger partial charge is 0.0586 e. The standard InChI is InChI=1S/C14H28N2O/c1-16(14-8-3-5-11(14)10-15)12-6-4-7-13(9-12)17-2/h11-14H,3-10,15H2,1-2H3. The zero-order chi connectivity index (χ0) is 12.3. The van der Waals surface area contributed by atoms with Gasteiger partial charge < -0.3 is 15.4 Å². The number of nitrogens with two attached hydrogens (primary N) is 1. The van der Waals surface area contributed by atoms with Gasteiger partial charge >= 0.3 is 0 Å². The van der Waals surface area contributed by atoms with Crippen LogP contribution in [0, 0.1) is 5.92 Å². The van der Waals surface area contributed by atoms with Crippen LogP contribution in [-0.2, 0) is 4.74 Å². The summed E-state index contributed by atoms with van der Waals surface area (Å²) in [7, 11) is 4.16. The Morgan fingerprint density at radius 2 is 1.94 bits per heavy atom. The van der Waals surface area contributed by atoms with E-state index in [-0.39, 0.29) is 0 Å². The first kappa shape index (κ1) is 13.3. The van der Waals surface area contributed by atoms with E-state index in [1.807, 2.05) is 7.11 Å². The SMILES string of the molecule is COC1CCCC(N(C)C2CCCC2CN)C1. The molecular formula is C14H28N2O. The van der Waals surface area contributed by atoms with Gasteiger partial charge in [0.1, 0.15) is 0 Å². The van der Waals surface area contributed by atoms with Gasteiger partial charge in [-0.25, -0.2) is 0 Å². The molecule has 2 fully saturated rings. The fourth-order valence-corrected chi connectivity index (χ4v) is 3.80. The van der Waals surface area contributed by atoms with Gasteiger partial charge in [0.2, 0.25) is 0 Å². The summed E-state index contributed by atoms with van der Waals surface area (Å²) in [5, 5.41) is 0. The molecule has 0 aliphatic heterocycles. The van der Waals surface area contributed by atoms with Crippen LogP contribution in [-0.4, -0.2) is 43.8 Å². The number of nitrogens with zero attached hydrogens (tertiary/aromatic N) is 1. The van der Waals surface area contributed by atoms with Gasteiger partial charge in [0, 0.05) is 19.2 Å². The topological polar surface area (TPSA) is 38.5 Å². The fraction of sp³-hybridized carbons (Fsp3) is 1.00. The van der Waals surface area contributed by atoms with Gasteiger partial charge in [0.15, 0.2) is 0 Å². The van der Waals surface area contributed by atoms with Crippen LogP contribution in [0.1, 0.15) is 44.9 Å². The number of hydrogen-bond acceptors (Lipinski definition) is 3. The molecule has 2 aliphatic carbocycles. The van der Waals surface area contributed by atoms with E-state index in [2.05, 4.69) is 11.9 Å². The summed E-state index contributed by atoms with van der Waals surface area (Å²) in [5.74, 6) is 0.725. The summed E-state index contributed by atoms with van der Waals surface area (Å²) >= 11 is 0. The summed E-state index contributed by atoms with van der Waals surface area (Å²) in [6, 6.07) is 1.44. The summed E-state index contributed by atoms with van der Waals surface area (Å²) in [4.78, 5) is 2.62. The third-order valence-electron chi connectivity index (χ3n) is 4.95. The van der Waals surface area contributed by atoms with Crippen LogP contribution < -0.4 is 5.73 Å². The number of rotatable bonds is 4. The Morgan fingerprint density at radius 3 is 2.65 bits per heavy atom. The molecule has 0 bridgehead atoms. The third-order valence-corrected chi connectivity index (χ3v) is 4.95. The van der Waals surface area contributed by atoms with Crippen molar-refractivity contribution in [3.63, 3.8) is 0 Å². The van der Waals surface area contributed by atoms with Gasteiger partial charge in [-0.1, -0.05) is 6.42 Å². The Morgan fingerprint density at radius 1 is 1.18 bits per heavy atom. The van der Waals surface area contributed by atoms with Crippen LogP contribution in [0.4, 0.5) is 0 Å². The predicted octanol–water partition coefficient (Wildman–Crippen LogP) is 2.00. The van der Waals surface area contributed by atoms with Gasteiger partial charge in [-0.3, -0.25) is 0 Å². The van der Waals surface area contributed by atoms with E-state index in [0.29, 0.717) is 12.1 Å². The van der Waals surface area contributed by atoms with Gasteiger partial charge in [0.05, 0.1) is 6.10 Å². The molecule has 2 aliphatic rings. The van der Waals surface area contributed by atoms with Crippen molar-refractivity contribution in [1.29, 1.82) is 0 Å². The van der Waals surface area contributed by atoms with Crippen LogP contribution in [0.5, 0.6) is 0 Å². The van der Waals surface area contributed by atoms with E-state index in [0.717, 1.165) is 18.5 Å². The summed E-state index contributed by atoms with van der Waals surface area (Å²) < 4.78 is 5.54. The molecule has 4 unspecified atom stereocenters. The Balaban J connectivity index is 1.91. The van der Waals surface area contributed by atoms with Crippen LogP contribution in [0.2, 0.25) is 0 Å².